The Kier molecular flexibility index (Phi) is 4.12. The van der Waals surface area contributed by atoms with Crippen LogP contribution >= 0.6 is 0 Å². The van der Waals surface area contributed by atoms with E-state index in [1.54, 1.807) is 24.5 Å². The Bertz CT molecular complexity index is 497. The molecule has 0 fully saturated rings. The summed E-state index contributed by atoms with van der Waals surface area (Å²) in [5, 5.41) is 6.32. The molecule has 0 bridgehead atoms. The third-order valence-corrected chi connectivity index (χ3v) is 2.68. The summed E-state index contributed by atoms with van der Waals surface area (Å²) >= 11 is 0. The predicted octanol–water partition coefficient (Wildman–Crippen LogP) is 2.92. The molecule has 0 aliphatic carbocycles. The predicted molar refractivity (Wildman–Crippen MR) is 72.4 cm³/mol. The summed E-state index contributed by atoms with van der Waals surface area (Å²) in [5.74, 6) is -0.197. The van der Waals surface area contributed by atoms with E-state index < -0.39 is 0 Å². The lowest BCUT2D eigenvalue weighted by Crippen LogP contribution is -2.05. The van der Waals surface area contributed by atoms with Crippen LogP contribution in [0, 0.1) is 5.82 Å². The Morgan fingerprint density at radius 1 is 1.11 bits per heavy atom. The van der Waals surface area contributed by atoms with Crippen LogP contribution < -0.4 is 10.6 Å². The van der Waals surface area contributed by atoms with E-state index in [0.717, 1.165) is 29.9 Å². The average molecular weight is 245 g/mol. The molecule has 0 unspecified atom stereocenters. The summed E-state index contributed by atoms with van der Waals surface area (Å²) in [6.45, 7) is 0.792. The van der Waals surface area contributed by atoms with E-state index >= 15 is 0 Å². The second-order valence-corrected chi connectivity index (χ2v) is 4.02. The summed E-state index contributed by atoms with van der Waals surface area (Å²) in [6.07, 6.45) is 4.40. The first-order valence-corrected chi connectivity index (χ1v) is 5.89. The van der Waals surface area contributed by atoms with Gasteiger partial charge in [0.15, 0.2) is 0 Å². The molecule has 94 valence electrons. The summed E-state index contributed by atoms with van der Waals surface area (Å²) in [6, 6.07) is 8.58. The van der Waals surface area contributed by atoms with Crippen LogP contribution in [0.5, 0.6) is 0 Å². The topological polar surface area (TPSA) is 37.0 Å². The van der Waals surface area contributed by atoms with Crippen molar-refractivity contribution in [3.63, 3.8) is 0 Å². The quantitative estimate of drug-likeness (QED) is 0.850. The number of benzene rings is 1. The first kappa shape index (κ1) is 12.4. The van der Waals surface area contributed by atoms with E-state index in [-0.39, 0.29) is 5.82 Å². The fourth-order valence-corrected chi connectivity index (χ4v) is 1.68. The van der Waals surface area contributed by atoms with E-state index in [4.69, 9.17) is 0 Å². The molecule has 2 rings (SSSR count). The van der Waals surface area contributed by atoms with E-state index in [0.29, 0.717) is 0 Å². The van der Waals surface area contributed by atoms with Gasteiger partial charge in [0.25, 0.3) is 0 Å². The molecule has 3 nitrogen and oxygen atoms in total. The maximum atomic E-state index is 12.7. The number of pyridine rings is 1. The molecule has 4 heteroatoms. The van der Waals surface area contributed by atoms with Gasteiger partial charge < -0.3 is 10.6 Å². The summed E-state index contributed by atoms with van der Waals surface area (Å²) in [4.78, 5) is 4.12. The number of hydrogen-bond acceptors (Lipinski definition) is 3. The van der Waals surface area contributed by atoms with Gasteiger partial charge in [0, 0.05) is 13.6 Å². The van der Waals surface area contributed by atoms with Gasteiger partial charge in [-0.2, -0.15) is 0 Å². The van der Waals surface area contributed by atoms with Crippen LogP contribution in [0.3, 0.4) is 0 Å². The van der Waals surface area contributed by atoms with Gasteiger partial charge in [0.05, 0.1) is 23.8 Å². The van der Waals surface area contributed by atoms with Crippen LogP contribution in [0.15, 0.2) is 42.7 Å². The number of hydrogen-bond donors (Lipinski definition) is 2. The highest BCUT2D eigenvalue weighted by Gasteiger charge is 1.96. The Morgan fingerprint density at radius 3 is 2.56 bits per heavy atom. The maximum Gasteiger partial charge on any atom is 0.123 e. The van der Waals surface area contributed by atoms with Gasteiger partial charge in [-0.3, -0.25) is 4.98 Å². The largest absolute Gasteiger partial charge is 0.387 e. The molecule has 0 amide bonds. The van der Waals surface area contributed by atoms with Crippen LogP contribution in [0.4, 0.5) is 15.8 Å². The van der Waals surface area contributed by atoms with E-state index in [1.165, 1.54) is 12.1 Å². The zero-order valence-electron chi connectivity index (χ0n) is 10.3. The third kappa shape index (κ3) is 3.45. The highest BCUT2D eigenvalue weighted by molar-refractivity contribution is 5.53. The second kappa shape index (κ2) is 6.00. The van der Waals surface area contributed by atoms with Crippen molar-refractivity contribution < 1.29 is 4.39 Å². The van der Waals surface area contributed by atoms with Crippen molar-refractivity contribution in [2.24, 2.45) is 0 Å². The number of nitrogens with one attached hydrogen (secondary N) is 2. The lowest BCUT2D eigenvalue weighted by Gasteiger charge is -2.07. The molecular formula is C14H16FN3. The van der Waals surface area contributed by atoms with E-state index in [9.17, 15) is 4.39 Å². The van der Waals surface area contributed by atoms with Crippen LogP contribution in [0.2, 0.25) is 0 Å². The molecule has 18 heavy (non-hydrogen) atoms. The van der Waals surface area contributed by atoms with Crippen molar-refractivity contribution in [3.05, 3.63) is 54.1 Å². The van der Waals surface area contributed by atoms with Gasteiger partial charge >= 0.3 is 0 Å². The number of nitrogens with zero attached hydrogens (tertiary/aromatic N) is 1. The smallest absolute Gasteiger partial charge is 0.123 e. The molecule has 0 aliphatic heterocycles. The Hall–Kier alpha value is -2.10. The molecule has 1 aromatic heterocycles. The van der Waals surface area contributed by atoms with Gasteiger partial charge in [-0.1, -0.05) is 12.1 Å². The molecule has 0 atom stereocenters. The van der Waals surface area contributed by atoms with Crippen LogP contribution in [0.25, 0.3) is 0 Å². The zero-order valence-corrected chi connectivity index (χ0v) is 10.3. The molecule has 0 saturated carbocycles. The van der Waals surface area contributed by atoms with Crippen molar-refractivity contribution in [1.29, 1.82) is 0 Å². The van der Waals surface area contributed by atoms with Crippen molar-refractivity contribution in [2.75, 3.05) is 24.2 Å². The molecule has 2 N–H and O–H groups in total. The second-order valence-electron chi connectivity index (χ2n) is 4.02. The SMILES string of the molecule is CNc1cncc(NCCc2ccc(F)cc2)c1. The Morgan fingerprint density at radius 2 is 1.83 bits per heavy atom. The molecule has 2 aromatic rings. The standard InChI is InChI=1S/C14H16FN3/c1-16-13-8-14(10-17-9-13)18-7-6-11-2-4-12(15)5-3-11/h2-5,8-10,16,18H,6-7H2,1H3. The van der Waals surface area contributed by atoms with Gasteiger partial charge in [0.1, 0.15) is 5.82 Å². The summed E-state index contributed by atoms with van der Waals surface area (Å²) in [7, 11) is 1.86. The minimum absolute atomic E-state index is 0.197. The number of aromatic nitrogens is 1. The normalized spacial score (nSPS) is 10.1. The lowest BCUT2D eigenvalue weighted by molar-refractivity contribution is 0.627. The molecule has 1 aromatic carbocycles. The van der Waals surface area contributed by atoms with Crippen LogP contribution in [-0.4, -0.2) is 18.6 Å². The highest BCUT2D eigenvalue weighted by Crippen LogP contribution is 2.12. The van der Waals surface area contributed by atoms with Gasteiger partial charge in [-0.05, 0) is 30.2 Å². The van der Waals surface area contributed by atoms with Gasteiger partial charge in [-0.15, -0.1) is 0 Å². The first-order chi connectivity index (χ1) is 8.78. The summed E-state index contributed by atoms with van der Waals surface area (Å²) in [5.41, 5.74) is 3.06. The highest BCUT2D eigenvalue weighted by atomic mass is 19.1. The molecule has 0 saturated heterocycles. The van der Waals surface area contributed by atoms with Crippen molar-refractivity contribution >= 4 is 11.4 Å². The van der Waals surface area contributed by atoms with Gasteiger partial charge in [0.2, 0.25) is 0 Å². The first-order valence-electron chi connectivity index (χ1n) is 5.89. The number of halogens is 1. The monoisotopic (exact) mass is 245 g/mol. The number of rotatable bonds is 5. The minimum Gasteiger partial charge on any atom is -0.387 e. The van der Waals surface area contributed by atoms with E-state index in [1.807, 2.05) is 13.1 Å². The van der Waals surface area contributed by atoms with E-state index in [2.05, 4.69) is 15.6 Å². The fraction of sp³-hybridized carbons (Fsp3) is 0.214. The summed E-state index contributed by atoms with van der Waals surface area (Å²) < 4.78 is 12.7. The fourth-order valence-electron chi connectivity index (χ4n) is 1.68. The van der Waals surface area contributed by atoms with Crippen LogP contribution in [-0.2, 0) is 6.42 Å². The average Bonchev–Trinajstić information content (AvgIpc) is 2.41. The number of anilines is 2. The zero-order chi connectivity index (χ0) is 12.8. The molecule has 0 aliphatic rings. The molecule has 1 heterocycles. The minimum atomic E-state index is -0.197. The Balaban J connectivity index is 1.86. The van der Waals surface area contributed by atoms with Gasteiger partial charge in [-0.25, -0.2) is 4.39 Å². The molecule has 0 spiro atoms. The lowest BCUT2D eigenvalue weighted by atomic mass is 10.1. The third-order valence-electron chi connectivity index (χ3n) is 2.68. The van der Waals surface area contributed by atoms with Crippen molar-refractivity contribution in [1.82, 2.24) is 4.98 Å². The van der Waals surface area contributed by atoms with Crippen molar-refractivity contribution in [2.45, 2.75) is 6.42 Å². The molecular weight excluding hydrogens is 229 g/mol. The molecule has 0 radical (unpaired) electrons. The maximum absolute atomic E-state index is 12.7. The Labute approximate surface area is 106 Å². The van der Waals surface area contributed by atoms with Crippen molar-refractivity contribution in [3.8, 4) is 0 Å². The van der Waals surface area contributed by atoms with Crippen LogP contribution in [0.1, 0.15) is 5.56 Å².